The first-order valence-electron chi connectivity index (χ1n) is 7.11. The Bertz CT molecular complexity index is 555. The van der Waals surface area contributed by atoms with Gasteiger partial charge in [-0.1, -0.05) is 35.5 Å². The Labute approximate surface area is 118 Å². The van der Waals surface area contributed by atoms with Crippen molar-refractivity contribution in [2.45, 2.75) is 19.8 Å². The van der Waals surface area contributed by atoms with Crippen LogP contribution in [0.4, 0.5) is 0 Å². The fourth-order valence-electron chi connectivity index (χ4n) is 3.04. The lowest BCUT2D eigenvalue weighted by Crippen LogP contribution is -3.14. The van der Waals surface area contributed by atoms with Crippen LogP contribution in [-0.4, -0.2) is 24.8 Å². The number of oxime groups is 1. The van der Waals surface area contributed by atoms with Crippen LogP contribution in [0.2, 0.25) is 0 Å². The molecule has 0 radical (unpaired) electrons. The van der Waals surface area contributed by atoms with E-state index in [1.54, 1.807) is 0 Å². The van der Waals surface area contributed by atoms with Gasteiger partial charge in [0.2, 0.25) is 0 Å². The third-order valence-electron chi connectivity index (χ3n) is 4.02. The van der Waals surface area contributed by atoms with E-state index in [2.05, 4.69) is 23.4 Å². The lowest BCUT2D eigenvalue weighted by atomic mass is 9.83. The smallest absolute Gasteiger partial charge is 0.318 e. The maximum atomic E-state index is 11.0. The van der Waals surface area contributed by atoms with Gasteiger partial charge in [0.05, 0.1) is 13.1 Å². The monoisotopic (exact) mass is 271 g/mol. The maximum absolute atomic E-state index is 11.0. The van der Waals surface area contributed by atoms with Crippen molar-refractivity contribution in [3.05, 3.63) is 41.6 Å². The van der Waals surface area contributed by atoms with Crippen molar-refractivity contribution in [2.75, 3.05) is 13.1 Å². The Morgan fingerprint density at radius 3 is 2.65 bits per heavy atom. The zero-order valence-electron chi connectivity index (χ0n) is 11.6. The summed E-state index contributed by atoms with van der Waals surface area (Å²) in [6.07, 6.45) is 4.42. The largest absolute Gasteiger partial charge is 0.331 e. The first-order chi connectivity index (χ1) is 9.74. The zero-order chi connectivity index (χ0) is 13.9. The highest BCUT2D eigenvalue weighted by molar-refractivity contribution is 6.03. The van der Waals surface area contributed by atoms with Crippen LogP contribution in [-0.2, 0) is 9.63 Å². The number of piperidine rings is 3. The van der Waals surface area contributed by atoms with Gasteiger partial charge in [-0.15, -0.1) is 0 Å². The molecule has 3 aliphatic heterocycles. The maximum Gasteiger partial charge on any atom is 0.331 e. The topological polar surface area (TPSA) is 43.1 Å². The van der Waals surface area contributed by atoms with E-state index in [4.69, 9.17) is 4.84 Å². The first-order valence-corrected chi connectivity index (χ1v) is 7.11. The van der Waals surface area contributed by atoms with E-state index in [1.807, 2.05) is 18.2 Å². The molecule has 0 aliphatic carbocycles. The van der Waals surface area contributed by atoms with Gasteiger partial charge in [-0.3, -0.25) is 0 Å². The second kappa shape index (κ2) is 5.59. The molecule has 1 aromatic rings. The highest BCUT2D eigenvalue weighted by Gasteiger charge is 2.40. The fourth-order valence-corrected chi connectivity index (χ4v) is 3.04. The molecule has 1 aromatic carbocycles. The average Bonchev–Trinajstić information content (AvgIpc) is 2.48. The van der Waals surface area contributed by atoms with Crippen LogP contribution in [0, 0.1) is 5.92 Å². The van der Waals surface area contributed by atoms with Gasteiger partial charge < -0.3 is 9.74 Å². The minimum Gasteiger partial charge on any atom is -0.318 e. The molecular weight excluding hydrogens is 252 g/mol. The van der Waals surface area contributed by atoms with Gasteiger partial charge in [0.15, 0.2) is 5.70 Å². The summed E-state index contributed by atoms with van der Waals surface area (Å²) >= 11 is 0. The summed E-state index contributed by atoms with van der Waals surface area (Å²) < 4.78 is 0. The quantitative estimate of drug-likeness (QED) is 0.650. The fraction of sp³-hybridized carbons (Fsp3) is 0.375. The molecule has 20 heavy (non-hydrogen) atoms. The van der Waals surface area contributed by atoms with Gasteiger partial charge in [-0.05, 0) is 5.56 Å². The van der Waals surface area contributed by atoms with Crippen LogP contribution in [0.25, 0.3) is 6.08 Å². The number of rotatable bonds is 2. The molecule has 0 amide bonds. The molecule has 3 fully saturated rings. The third kappa shape index (κ3) is 2.65. The van der Waals surface area contributed by atoms with Gasteiger partial charge >= 0.3 is 5.97 Å². The van der Waals surface area contributed by atoms with Crippen LogP contribution in [0.3, 0.4) is 0 Å². The van der Waals surface area contributed by atoms with Gasteiger partial charge in [0.1, 0.15) is 5.71 Å². The Hall–Kier alpha value is -1.94. The van der Waals surface area contributed by atoms with Crippen molar-refractivity contribution in [1.82, 2.24) is 0 Å². The SMILES string of the molecule is CC(=O)O/N=C1/C(=C/c2ccccc2)[NH+]2CCC1CC2. The molecule has 0 spiro atoms. The second-order valence-electron chi connectivity index (χ2n) is 5.41. The summed E-state index contributed by atoms with van der Waals surface area (Å²) in [7, 11) is 0. The molecule has 0 saturated carbocycles. The van der Waals surface area contributed by atoms with Crippen LogP contribution in [0.1, 0.15) is 25.3 Å². The molecule has 104 valence electrons. The minimum absolute atomic E-state index is 0.358. The predicted molar refractivity (Wildman–Crippen MR) is 77.0 cm³/mol. The molecule has 2 bridgehead atoms. The number of allylic oxidation sites excluding steroid dienone is 1. The Kier molecular flexibility index (Phi) is 3.65. The van der Waals surface area contributed by atoms with Crippen LogP contribution < -0.4 is 4.90 Å². The molecule has 4 nitrogen and oxygen atoms in total. The standard InChI is InChI=1S/C16H18N2O2/c1-12(19)20-17-16-14-7-9-18(10-8-14)15(16)11-13-5-3-2-4-6-13/h2-6,11,14H,7-10H2,1H3/p+1/b15-11-,17-16+. The van der Waals surface area contributed by atoms with Crippen LogP contribution in [0.15, 0.2) is 41.2 Å². The molecule has 4 rings (SSSR count). The van der Waals surface area contributed by atoms with Crippen molar-refractivity contribution in [2.24, 2.45) is 11.1 Å². The van der Waals surface area contributed by atoms with Crippen molar-refractivity contribution in [1.29, 1.82) is 0 Å². The second-order valence-corrected chi connectivity index (χ2v) is 5.41. The van der Waals surface area contributed by atoms with E-state index in [0.29, 0.717) is 5.92 Å². The van der Waals surface area contributed by atoms with Gasteiger partial charge in [-0.2, -0.15) is 0 Å². The highest BCUT2D eigenvalue weighted by atomic mass is 16.7. The third-order valence-corrected chi connectivity index (χ3v) is 4.02. The van der Waals surface area contributed by atoms with Crippen molar-refractivity contribution in [3.8, 4) is 0 Å². The number of benzene rings is 1. The van der Waals surface area contributed by atoms with Gasteiger partial charge in [0, 0.05) is 31.8 Å². The molecule has 0 atom stereocenters. The van der Waals surface area contributed by atoms with E-state index in [1.165, 1.54) is 17.5 Å². The molecule has 3 aliphatic rings. The van der Waals surface area contributed by atoms with E-state index in [0.717, 1.165) is 37.2 Å². The minimum atomic E-state index is -0.358. The summed E-state index contributed by atoms with van der Waals surface area (Å²) in [4.78, 5) is 17.3. The average molecular weight is 271 g/mol. The number of hydrogen-bond donors (Lipinski definition) is 1. The van der Waals surface area contributed by atoms with E-state index in [-0.39, 0.29) is 5.97 Å². The highest BCUT2D eigenvalue weighted by Crippen LogP contribution is 2.23. The Morgan fingerprint density at radius 1 is 1.30 bits per heavy atom. The summed E-state index contributed by atoms with van der Waals surface area (Å²) in [5.74, 6) is 0.0739. The van der Waals surface area contributed by atoms with Crippen LogP contribution in [0.5, 0.6) is 0 Å². The number of hydrogen-bond acceptors (Lipinski definition) is 3. The molecule has 0 aromatic heterocycles. The number of nitrogens with one attached hydrogen (secondary N) is 1. The summed E-state index contributed by atoms with van der Waals surface area (Å²) in [5, 5.41) is 4.12. The Morgan fingerprint density at radius 2 is 2.00 bits per heavy atom. The lowest BCUT2D eigenvalue weighted by molar-refractivity contribution is -0.865. The summed E-state index contributed by atoms with van der Waals surface area (Å²) in [6.45, 7) is 3.67. The molecule has 1 N–H and O–H groups in total. The molecule has 4 heteroatoms. The van der Waals surface area contributed by atoms with Crippen molar-refractivity contribution in [3.63, 3.8) is 0 Å². The molecule has 3 saturated heterocycles. The lowest BCUT2D eigenvalue weighted by Gasteiger charge is -2.37. The predicted octanol–water partition coefficient (Wildman–Crippen LogP) is 1.26. The number of carbonyl (C=O) groups excluding carboxylic acids is 1. The first kappa shape index (κ1) is 13.1. The molecular formula is C16H19N2O2+. The van der Waals surface area contributed by atoms with E-state index >= 15 is 0 Å². The summed E-state index contributed by atoms with van der Waals surface area (Å²) in [5.41, 5.74) is 3.30. The normalized spacial score (nSPS) is 28.9. The van der Waals surface area contributed by atoms with Gasteiger partial charge in [-0.25, -0.2) is 4.79 Å². The zero-order valence-corrected chi connectivity index (χ0v) is 11.6. The molecule has 0 unspecified atom stereocenters. The van der Waals surface area contributed by atoms with Crippen LogP contribution >= 0.6 is 0 Å². The number of fused-ring (bicyclic) bond motifs is 3. The van der Waals surface area contributed by atoms with Gasteiger partial charge in [0.25, 0.3) is 0 Å². The van der Waals surface area contributed by atoms with E-state index < -0.39 is 0 Å². The number of nitrogens with zero attached hydrogens (tertiary/aromatic N) is 1. The van der Waals surface area contributed by atoms with Crippen molar-refractivity contribution >= 4 is 17.8 Å². The molecule has 3 heterocycles. The van der Waals surface area contributed by atoms with Crippen molar-refractivity contribution < 1.29 is 14.5 Å². The Balaban J connectivity index is 1.95. The number of quaternary nitrogens is 1. The summed E-state index contributed by atoms with van der Waals surface area (Å²) in [6, 6.07) is 10.2. The number of carbonyl (C=O) groups is 1. The van der Waals surface area contributed by atoms with E-state index in [9.17, 15) is 4.79 Å².